The van der Waals surface area contributed by atoms with Gasteiger partial charge in [0.05, 0.1) is 11.4 Å². The van der Waals surface area contributed by atoms with Gasteiger partial charge in [0, 0.05) is 18.0 Å². The van der Waals surface area contributed by atoms with Gasteiger partial charge in [0.15, 0.2) is 0 Å². The van der Waals surface area contributed by atoms with E-state index in [0.29, 0.717) is 0 Å². The zero-order valence-electron chi connectivity index (χ0n) is 9.69. The summed E-state index contributed by atoms with van der Waals surface area (Å²) in [5, 5.41) is 0. The molecule has 0 aliphatic heterocycles. The molecule has 18 heavy (non-hydrogen) atoms. The minimum atomic E-state index is 0.838. The first-order valence-electron chi connectivity index (χ1n) is 5.71. The van der Waals surface area contributed by atoms with Crippen LogP contribution in [0.15, 0.2) is 67.3 Å². The first kappa shape index (κ1) is 10.6. The van der Waals surface area contributed by atoms with Crippen LogP contribution in [0.2, 0.25) is 0 Å². The summed E-state index contributed by atoms with van der Waals surface area (Å²) in [4.78, 5) is 12.5. The number of nitrogens with zero attached hydrogens (tertiary/aromatic N) is 3. The Labute approximate surface area is 105 Å². The minimum absolute atomic E-state index is 0.838. The maximum Gasteiger partial charge on any atom is 0.116 e. The molecule has 0 atom stereocenters. The molecule has 0 N–H and O–H groups in total. The van der Waals surface area contributed by atoms with Gasteiger partial charge < -0.3 is 0 Å². The Kier molecular flexibility index (Phi) is 2.80. The van der Waals surface area contributed by atoms with E-state index in [0.717, 1.165) is 17.0 Å². The lowest BCUT2D eigenvalue weighted by Crippen LogP contribution is -1.88. The third kappa shape index (κ3) is 2.11. The van der Waals surface area contributed by atoms with Crippen molar-refractivity contribution >= 4 is 0 Å². The van der Waals surface area contributed by atoms with Crippen molar-refractivity contribution in [3.8, 4) is 22.5 Å². The number of hydrogen-bond acceptors (Lipinski definition) is 3. The fourth-order valence-corrected chi connectivity index (χ4v) is 1.79. The van der Waals surface area contributed by atoms with Crippen molar-refractivity contribution in [2.75, 3.05) is 0 Å². The third-order valence-corrected chi connectivity index (χ3v) is 2.71. The maximum absolute atomic E-state index is 4.44. The van der Waals surface area contributed by atoms with Crippen molar-refractivity contribution in [2.24, 2.45) is 0 Å². The summed E-state index contributed by atoms with van der Waals surface area (Å²) < 4.78 is 0. The van der Waals surface area contributed by atoms with E-state index in [1.54, 1.807) is 6.20 Å². The number of pyridine rings is 1. The molecule has 0 aliphatic carbocycles. The van der Waals surface area contributed by atoms with Crippen LogP contribution in [0.3, 0.4) is 0 Å². The second-order valence-electron chi connectivity index (χ2n) is 3.89. The van der Waals surface area contributed by atoms with Crippen LogP contribution < -0.4 is 0 Å². The van der Waals surface area contributed by atoms with Crippen LogP contribution in [-0.2, 0) is 0 Å². The summed E-state index contributed by atoms with van der Waals surface area (Å²) in [6.07, 6.45) is 5.12. The molecule has 3 rings (SSSR count). The van der Waals surface area contributed by atoms with Crippen molar-refractivity contribution in [3.63, 3.8) is 0 Å². The quantitative estimate of drug-likeness (QED) is 0.682. The predicted octanol–water partition coefficient (Wildman–Crippen LogP) is 3.21. The summed E-state index contributed by atoms with van der Waals surface area (Å²) in [5.74, 6) is 0. The summed E-state index contributed by atoms with van der Waals surface area (Å²) >= 11 is 0. The Morgan fingerprint density at radius 2 is 1.50 bits per heavy atom. The molecule has 2 aromatic heterocycles. The number of aromatic nitrogens is 3. The molecule has 3 heteroatoms. The van der Waals surface area contributed by atoms with Gasteiger partial charge in [0.25, 0.3) is 0 Å². The van der Waals surface area contributed by atoms with Crippen LogP contribution in [0, 0.1) is 0 Å². The summed E-state index contributed by atoms with van der Waals surface area (Å²) in [7, 11) is 0. The minimum Gasteiger partial charge on any atom is -0.254 e. The molecule has 0 aliphatic rings. The predicted molar refractivity (Wildman–Crippen MR) is 70.7 cm³/mol. The van der Waals surface area contributed by atoms with Crippen LogP contribution >= 0.6 is 0 Å². The lowest BCUT2D eigenvalue weighted by Gasteiger charge is -2.02. The van der Waals surface area contributed by atoms with Crippen molar-refractivity contribution < 1.29 is 0 Å². The van der Waals surface area contributed by atoms with E-state index >= 15 is 0 Å². The van der Waals surface area contributed by atoms with Crippen LogP contribution in [0.1, 0.15) is 0 Å². The first-order valence-corrected chi connectivity index (χ1v) is 5.71. The van der Waals surface area contributed by atoms with Gasteiger partial charge >= 0.3 is 0 Å². The number of benzene rings is 1. The van der Waals surface area contributed by atoms with Gasteiger partial charge in [-0.3, -0.25) is 4.98 Å². The van der Waals surface area contributed by atoms with E-state index in [4.69, 9.17) is 0 Å². The molecule has 0 radical (unpaired) electrons. The van der Waals surface area contributed by atoms with Crippen molar-refractivity contribution in [2.45, 2.75) is 0 Å². The maximum atomic E-state index is 4.44. The van der Waals surface area contributed by atoms with Crippen LogP contribution in [-0.4, -0.2) is 15.0 Å². The average Bonchev–Trinajstić information content (AvgIpc) is 2.49. The topological polar surface area (TPSA) is 38.7 Å². The van der Waals surface area contributed by atoms with E-state index < -0.39 is 0 Å². The molecule has 1 aromatic carbocycles. The van der Waals surface area contributed by atoms with Gasteiger partial charge in [-0.1, -0.05) is 36.4 Å². The number of hydrogen-bond donors (Lipinski definition) is 0. The van der Waals surface area contributed by atoms with E-state index in [1.807, 2.05) is 36.5 Å². The molecule has 86 valence electrons. The third-order valence-electron chi connectivity index (χ3n) is 2.71. The molecule has 0 saturated heterocycles. The van der Waals surface area contributed by atoms with Crippen LogP contribution in [0.4, 0.5) is 0 Å². The van der Waals surface area contributed by atoms with Crippen LogP contribution in [0.25, 0.3) is 22.5 Å². The van der Waals surface area contributed by atoms with E-state index in [-0.39, 0.29) is 0 Å². The average molecular weight is 233 g/mol. The highest BCUT2D eigenvalue weighted by Gasteiger charge is 2.01. The standard InChI is InChI=1S/C15H11N3/c1-2-4-12(5-3-1)13-6-7-14(17-10-13)15-8-9-16-11-18-15/h1-11H. The molecule has 0 spiro atoms. The van der Waals surface area contributed by atoms with Crippen molar-refractivity contribution in [1.82, 2.24) is 15.0 Å². The lowest BCUT2D eigenvalue weighted by atomic mass is 10.1. The Hall–Kier alpha value is -2.55. The molecule has 2 heterocycles. The zero-order chi connectivity index (χ0) is 12.2. The molecule has 0 bridgehead atoms. The molecule has 0 unspecified atom stereocenters. The lowest BCUT2D eigenvalue weighted by molar-refractivity contribution is 1.15. The highest BCUT2D eigenvalue weighted by molar-refractivity contribution is 5.65. The van der Waals surface area contributed by atoms with Gasteiger partial charge in [-0.25, -0.2) is 9.97 Å². The number of rotatable bonds is 2. The zero-order valence-corrected chi connectivity index (χ0v) is 9.69. The van der Waals surface area contributed by atoms with E-state index in [2.05, 4.69) is 33.2 Å². The Balaban J connectivity index is 1.95. The van der Waals surface area contributed by atoms with Gasteiger partial charge in [-0.15, -0.1) is 0 Å². The highest BCUT2D eigenvalue weighted by atomic mass is 14.8. The molecule has 0 amide bonds. The Morgan fingerprint density at radius 3 is 2.17 bits per heavy atom. The largest absolute Gasteiger partial charge is 0.254 e. The molecular weight excluding hydrogens is 222 g/mol. The summed E-state index contributed by atoms with van der Waals surface area (Å²) in [6.45, 7) is 0. The van der Waals surface area contributed by atoms with Crippen molar-refractivity contribution in [3.05, 3.63) is 67.3 Å². The monoisotopic (exact) mass is 233 g/mol. The first-order chi connectivity index (χ1) is 8.93. The van der Waals surface area contributed by atoms with Gasteiger partial charge in [0.2, 0.25) is 0 Å². The normalized spacial score (nSPS) is 10.2. The van der Waals surface area contributed by atoms with E-state index in [1.165, 1.54) is 11.9 Å². The van der Waals surface area contributed by atoms with Gasteiger partial charge in [-0.05, 0) is 17.7 Å². The molecule has 0 saturated carbocycles. The SMILES string of the molecule is c1ccc(-c2ccc(-c3ccncn3)nc2)cc1. The fraction of sp³-hybridized carbons (Fsp3) is 0. The Morgan fingerprint density at radius 1 is 0.667 bits per heavy atom. The Bertz CT molecular complexity index is 560. The smallest absolute Gasteiger partial charge is 0.116 e. The van der Waals surface area contributed by atoms with Gasteiger partial charge in [-0.2, -0.15) is 0 Å². The summed E-state index contributed by atoms with van der Waals surface area (Å²) in [6, 6.07) is 16.1. The molecular formula is C15H11N3. The fourth-order valence-electron chi connectivity index (χ4n) is 1.79. The molecule has 3 aromatic rings. The van der Waals surface area contributed by atoms with Crippen molar-refractivity contribution in [1.29, 1.82) is 0 Å². The summed E-state index contributed by atoms with van der Waals surface area (Å²) in [5.41, 5.74) is 3.97. The van der Waals surface area contributed by atoms with Gasteiger partial charge in [0.1, 0.15) is 6.33 Å². The van der Waals surface area contributed by atoms with Crippen LogP contribution in [0.5, 0.6) is 0 Å². The second-order valence-corrected chi connectivity index (χ2v) is 3.89. The highest BCUT2D eigenvalue weighted by Crippen LogP contribution is 2.20. The molecule has 0 fully saturated rings. The molecule has 3 nitrogen and oxygen atoms in total. The van der Waals surface area contributed by atoms with E-state index in [9.17, 15) is 0 Å². The second kappa shape index (κ2) is 4.75.